The van der Waals surface area contributed by atoms with Crippen molar-refractivity contribution in [2.24, 2.45) is 0 Å². The average molecular weight is 491 g/mol. The number of anilines is 2. The molecular weight excluding hydrogens is 463 g/mol. The number of aromatic nitrogens is 1. The Morgan fingerprint density at radius 3 is 2.51 bits per heavy atom. The molecule has 1 N–H and O–H groups in total. The van der Waals surface area contributed by atoms with Gasteiger partial charge in [-0.15, -0.1) is 11.3 Å². The Kier molecular flexibility index (Phi) is 6.66. The van der Waals surface area contributed by atoms with Crippen LogP contribution in [0.4, 0.5) is 15.1 Å². The second kappa shape index (κ2) is 10.0. The fourth-order valence-corrected chi connectivity index (χ4v) is 5.71. The molecule has 8 heteroatoms. The summed E-state index contributed by atoms with van der Waals surface area (Å²) in [5.41, 5.74) is 4.37. The van der Waals surface area contributed by atoms with Gasteiger partial charge in [-0.2, -0.15) is 0 Å². The Bertz CT molecular complexity index is 1280. The van der Waals surface area contributed by atoms with E-state index < -0.39 is 0 Å². The number of hydrogen-bond acceptors (Lipinski definition) is 6. The summed E-state index contributed by atoms with van der Waals surface area (Å²) >= 11 is 1.59. The SMILES string of the molecule is Cc1sc(NC(=O)c2ccco2)c([C@H](c2cccnc2)N2CCN(c3ccc(F)cc3)CC2)c1C. The van der Waals surface area contributed by atoms with Gasteiger partial charge in [0.2, 0.25) is 0 Å². The number of aryl methyl sites for hydroxylation is 1. The van der Waals surface area contributed by atoms with E-state index in [0.717, 1.165) is 52.9 Å². The van der Waals surface area contributed by atoms with Crippen molar-refractivity contribution in [3.05, 3.63) is 100 Å². The second-order valence-electron chi connectivity index (χ2n) is 8.65. The summed E-state index contributed by atoms with van der Waals surface area (Å²) in [4.78, 5) is 23.1. The van der Waals surface area contributed by atoms with Crippen LogP contribution >= 0.6 is 11.3 Å². The van der Waals surface area contributed by atoms with Crippen LogP contribution in [0.25, 0.3) is 0 Å². The van der Waals surface area contributed by atoms with Gasteiger partial charge in [-0.1, -0.05) is 6.07 Å². The quantitative estimate of drug-likeness (QED) is 0.378. The molecule has 0 spiro atoms. The van der Waals surface area contributed by atoms with Gasteiger partial charge in [-0.05, 0) is 67.4 Å². The van der Waals surface area contributed by atoms with Gasteiger partial charge in [0, 0.05) is 54.7 Å². The Labute approximate surface area is 208 Å². The van der Waals surface area contributed by atoms with Gasteiger partial charge in [0.25, 0.3) is 5.91 Å². The second-order valence-corrected chi connectivity index (χ2v) is 9.87. The van der Waals surface area contributed by atoms with Crippen molar-refractivity contribution in [1.29, 1.82) is 0 Å². The standard InChI is InChI=1S/C27H27FN4O2S/c1-18-19(2)35-27(30-26(33)23-6-4-16-34-23)24(18)25(20-5-3-11-29-17-20)32-14-12-31(13-15-32)22-9-7-21(28)8-10-22/h3-11,16-17,25H,12-15H2,1-2H3,(H,30,33)/t25-/m0/s1. The smallest absolute Gasteiger partial charge is 0.291 e. The van der Waals surface area contributed by atoms with Crippen molar-refractivity contribution < 1.29 is 13.6 Å². The lowest BCUT2D eigenvalue weighted by Crippen LogP contribution is -2.48. The Balaban J connectivity index is 1.46. The van der Waals surface area contributed by atoms with Gasteiger partial charge in [0.15, 0.2) is 5.76 Å². The van der Waals surface area contributed by atoms with E-state index in [4.69, 9.17) is 4.42 Å². The molecule has 0 bridgehead atoms. The molecule has 1 aromatic carbocycles. The number of rotatable bonds is 6. The number of nitrogens with one attached hydrogen (secondary N) is 1. The third-order valence-electron chi connectivity index (χ3n) is 6.55. The third kappa shape index (κ3) is 4.85. The first kappa shape index (κ1) is 23.3. The van der Waals surface area contributed by atoms with Crippen LogP contribution in [0.1, 0.15) is 38.2 Å². The summed E-state index contributed by atoms with van der Waals surface area (Å²) in [6.07, 6.45) is 5.18. The first-order valence-corrected chi connectivity index (χ1v) is 12.4. The fourth-order valence-electron chi connectivity index (χ4n) is 4.63. The molecule has 1 aliphatic heterocycles. The molecule has 5 rings (SSSR count). The Morgan fingerprint density at radius 1 is 1.09 bits per heavy atom. The van der Waals surface area contributed by atoms with Crippen molar-refractivity contribution in [2.75, 3.05) is 36.4 Å². The number of amides is 1. The molecule has 0 unspecified atom stereocenters. The van der Waals surface area contributed by atoms with Crippen LogP contribution in [0.2, 0.25) is 0 Å². The van der Waals surface area contributed by atoms with Crippen LogP contribution in [0.5, 0.6) is 0 Å². The van der Waals surface area contributed by atoms with E-state index in [1.54, 1.807) is 29.7 Å². The number of furan rings is 1. The van der Waals surface area contributed by atoms with Crippen LogP contribution in [-0.2, 0) is 0 Å². The first-order chi connectivity index (χ1) is 17.0. The van der Waals surface area contributed by atoms with Crippen molar-refractivity contribution in [1.82, 2.24) is 9.88 Å². The maximum Gasteiger partial charge on any atom is 0.291 e. The Morgan fingerprint density at radius 2 is 1.86 bits per heavy atom. The van der Waals surface area contributed by atoms with Crippen LogP contribution < -0.4 is 10.2 Å². The number of hydrogen-bond donors (Lipinski definition) is 1. The molecule has 1 amide bonds. The zero-order chi connectivity index (χ0) is 24.4. The normalized spacial score (nSPS) is 15.2. The molecular formula is C27H27FN4O2S. The van der Waals surface area contributed by atoms with Crippen molar-refractivity contribution >= 4 is 27.9 Å². The van der Waals surface area contributed by atoms with E-state index in [9.17, 15) is 9.18 Å². The minimum atomic E-state index is -0.261. The van der Waals surface area contributed by atoms with Gasteiger partial charge in [-0.25, -0.2) is 4.39 Å². The first-order valence-electron chi connectivity index (χ1n) is 11.6. The summed E-state index contributed by atoms with van der Waals surface area (Å²) in [5, 5.41) is 3.93. The van der Waals surface area contributed by atoms with Crippen LogP contribution in [-0.4, -0.2) is 42.0 Å². The van der Waals surface area contributed by atoms with Gasteiger partial charge >= 0.3 is 0 Å². The largest absolute Gasteiger partial charge is 0.459 e. The van der Waals surface area contributed by atoms with Gasteiger partial charge in [-0.3, -0.25) is 14.7 Å². The van der Waals surface area contributed by atoms with E-state index >= 15 is 0 Å². The predicted octanol–water partition coefficient (Wildman–Crippen LogP) is 5.66. The van der Waals surface area contributed by atoms with E-state index in [2.05, 4.69) is 40.0 Å². The van der Waals surface area contributed by atoms with Crippen LogP contribution in [0.15, 0.2) is 71.6 Å². The van der Waals surface area contributed by atoms with Crippen LogP contribution in [0, 0.1) is 19.7 Å². The number of nitrogens with zero attached hydrogens (tertiary/aromatic N) is 3. The number of thiophene rings is 1. The highest BCUT2D eigenvalue weighted by molar-refractivity contribution is 7.16. The molecule has 0 saturated carbocycles. The van der Waals surface area contributed by atoms with Gasteiger partial charge < -0.3 is 14.6 Å². The molecule has 6 nitrogen and oxygen atoms in total. The molecule has 180 valence electrons. The zero-order valence-corrected chi connectivity index (χ0v) is 20.5. The summed E-state index contributed by atoms with van der Waals surface area (Å²) in [5.74, 6) is -0.203. The highest BCUT2D eigenvalue weighted by Gasteiger charge is 2.32. The van der Waals surface area contributed by atoms with Crippen molar-refractivity contribution in [2.45, 2.75) is 19.9 Å². The van der Waals surface area contributed by atoms with Crippen LogP contribution in [0.3, 0.4) is 0 Å². The van der Waals surface area contributed by atoms with Crippen molar-refractivity contribution in [3.63, 3.8) is 0 Å². The monoisotopic (exact) mass is 490 g/mol. The lowest BCUT2D eigenvalue weighted by atomic mass is 9.95. The lowest BCUT2D eigenvalue weighted by Gasteiger charge is -2.40. The molecule has 35 heavy (non-hydrogen) atoms. The zero-order valence-electron chi connectivity index (χ0n) is 19.7. The molecule has 3 aromatic heterocycles. The highest BCUT2D eigenvalue weighted by atomic mass is 32.1. The highest BCUT2D eigenvalue weighted by Crippen LogP contribution is 2.42. The number of benzene rings is 1. The predicted molar refractivity (Wildman–Crippen MR) is 137 cm³/mol. The van der Waals surface area contributed by atoms with E-state index in [1.807, 2.05) is 24.4 Å². The summed E-state index contributed by atoms with van der Waals surface area (Å²) in [6, 6.07) is 14.0. The number of halogens is 1. The summed E-state index contributed by atoms with van der Waals surface area (Å²) < 4.78 is 18.7. The molecule has 0 radical (unpaired) electrons. The van der Waals surface area contributed by atoms with Crippen molar-refractivity contribution in [3.8, 4) is 0 Å². The topological polar surface area (TPSA) is 61.6 Å². The molecule has 1 saturated heterocycles. The third-order valence-corrected chi connectivity index (χ3v) is 7.69. The average Bonchev–Trinajstić information content (AvgIpc) is 3.51. The molecule has 0 aliphatic carbocycles. The fraction of sp³-hybridized carbons (Fsp3) is 0.259. The minimum Gasteiger partial charge on any atom is -0.459 e. The summed E-state index contributed by atoms with van der Waals surface area (Å²) in [7, 11) is 0. The van der Waals surface area contributed by atoms with Gasteiger partial charge in [0.1, 0.15) is 10.8 Å². The molecule has 4 aromatic rings. The van der Waals surface area contributed by atoms with E-state index in [0.29, 0.717) is 0 Å². The number of carbonyl (C=O) groups is 1. The lowest BCUT2D eigenvalue weighted by molar-refractivity contribution is 0.0996. The molecule has 1 atom stereocenters. The number of piperazine rings is 1. The number of carbonyl (C=O) groups excluding carboxylic acids is 1. The van der Waals surface area contributed by atoms with Gasteiger partial charge in [0.05, 0.1) is 12.3 Å². The maximum atomic E-state index is 13.4. The number of pyridine rings is 1. The molecule has 4 heterocycles. The molecule has 1 aliphatic rings. The van der Waals surface area contributed by atoms with E-state index in [-0.39, 0.29) is 23.5 Å². The summed E-state index contributed by atoms with van der Waals surface area (Å²) in [6.45, 7) is 7.46. The molecule has 1 fully saturated rings. The maximum absolute atomic E-state index is 13.4. The Hall–Kier alpha value is -3.49. The van der Waals surface area contributed by atoms with E-state index in [1.165, 1.54) is 24.0 Å². The minimum absolute atomic E-state index is 0.0593.